The van der Waals surface area contributed by atoms with Gasteiger partial charge in [0.05, 0.1) is 0 Å². The Hall–Kier alpha value is -1.59. The van der Waals surface area contributed by atoms with Crippen LogP contribution in [0.25, 0.3) is 0 Å². The minimum Gasteiger partial charge on any atom is -0.369 e. The number of nitrogens with two attached hydrogens (primary N) is 1. The maximum absolute atomic E-state index is 12.1. The molecule has 3 N–H and O–H groups in total. The molecule has 1 heterocycles. The van der Waals surface area contributed by atoms with Crippen molar-refractivity contribution < 1.29 is 4.79 Å². The highest BCUT2D eigenvalue weighted by Crippen LogP contribution is 2.32. The second kappa shape index (κ2) is 7.79. The number of para-hydroxylation sites is 1. The molecule has 5 heteroatoms. The third-order valence-corrected chi connectivity index (χ3v) is 4.94. The van der Waals surface area contributed by atoms with E-state index in [1.807, 2.05) is 0 Å². The molecule has 1 aromatic carbocycles. The molecule has 5 nitrogen and oxygen atoms in total. The molecule has 2 aliphatic rings. The third-order valence-electron chi connectivity index (χ3n) is 4.94. The Morgan fingerprint density at radius 3 is 2.48 bits per heavy atom. The van der Waals surface area contributed by atoms with Gasteiger partial charge in [-0.2, -0.15) is 0 Å². The Kier molecular flexibility index (Phi) is 5.51. The van der Waals surface area contributed by atoms with Gasteiger partial charge in [0.25, 0.3) is 0 Å². The van der Waals surface area contributed by atoms with Gasteiger partial charge in [0.15, 0.2) is 0 Å². The summed E-state index contributed by atoms with van der Waals surface area (Å²) in [7, 11) is 0. The van der Waals surface area contributed by atoms with Crippen LogP contribution in [-0.4, -0.2) is 56.1 Å². The number of hydrogen-bond acceptors (Lipinski definition) is 4. The molecular weight excluding hydrogens is 288 g/mol. The molecule has 2 fully saturated rings. The fourth-order valence-electron chi connectivity index (χ4n) is 3.27. The van der Waals surface area contributed by atoms with Gasteiger partial charge in [-0.1, -0.05) is 18.2 Å². The van der Waals surface area contributed by atoms with Crippen LogP contribution < -0.4 is 16.0 Å². The van der Waals surface area contributed by atoms with E-state index in [1.165, 1.54) is 18.5 Å². The first-order valence-corrected chi connectivity index (χ1v) is 8.78. The zero-order valence-corrected chi connectivity index (χ0v) is 13.8. The number of nitrogens with one attached hydrogen (secondary N) is 1. The first-order valence-electron chi connectivity index (χ1n) is 8.78. The fourth-order valence-corrected chi connectivity index (χ4v) is 3.27. The van der Waals surface area contributed by atoms with E-state index >= 15 is 0 Å². The van der Waals surface area contributed by atoms with E-state index < -0.39 is 0 Å². The minimum atomic E-state index is 0.151. The van der Waals surface area contributed by atoms with Gasteiger partial charge in [-0.25, -0.2) is 0 Å². The molecule has 1 amide bonds. The number of carbonyl (C=O) groups excluding carboxylic acids is 1. The smallest absolute Gasteiger partial charge is 0.221 e. The predicted octanol–water partition coefficient (Wildman–Crippen LogP) is 1.05. The molecule has 126 valence electrons. The molecule has 1 atom stereocenters. The van der Waals surface area contributed by atoms with Crippen molar-refractivity contribution in [3.05, 3.63) is 30.3 Å². The second-order valence-electron chi connectivity index (χ2n) is 6.66. The van der Waals surface area contributed by atoms with Gasteiger partial charge in [-0.05, 0) is 30.9 Å². The summed E-state index contributed by atoms with van der Waals surface area (Å²) >= 11 is 0. The number of hydrogen-bond donors (Lipinski definition) is 2. The molecule has 23 heavy (non-hydrogen) atoms. The van der Waals surface area contributed by atoms with Crippen molar-refractivity contribution in [2.75, 3.05) is 44.2 Å². The second-order valence-corrected chi connectivity index (χ2v) is 6.66. The lowest BCUT2D eigenvalue weighted by atomic mass is 10.2. The maximum atomic E-state index is 12.1. The maximum Gasteiger partial charge on any atom is 0.221 e. The molecule has 0 bridgehead atoms. The van der Waals surface area contributed by atoms with E-state index in [2.05, 4.69) is 45.4 Å². The summed E-state index contributed by atoms with van der Waals surface area (Å²) in [6, 6.07) is 10.7. The average molecular weight is 316 g/mol. The summed E-state index contributed by atoms with van der Waals surface area (Å²) in [6.07, 6.45) is 3.00. The molecule has 1 aliphatic heterocycles. The van der Waals surface area contributed by atoms with Crippen LogP contribution in [0.15, 0.2) is 30.3 Å². The summed E-state index contributed by atoms with van der Waals surface area (Å²) < 4.78 is 0. The number of anilines is 1. The fraction of sp³-hybridized carbons (Fsp3) is 0.611. The molecule has 0 spiro atoms. The monoisotopic (exact) mass is 316 g/mol. The number of amides is 1. The van der Waals surface area contributed by atoms with Crippen LogP contribution in [0.2, 0.25) is 0 Å². The van der Waals surface area contributed by atoms with E-state index in [9.17, 15) is 4.79 Å². The third kappa shape index (κ3) is 4.69. The molecule has 1 unspecified atom stereocenters. The first kappa shape index (κ1) is 16.3. The molecule has 1 aromatic rings. The van der Waals surface area contributed by atoms with E-state index in [-0.39, 0.29) is 11.9 Å². The van der Waals surface area contributed by atoms with Crippen LogP contribution in [0.1, 0.15) is 19.3 Å². The van der Waals surface area contributed by atoms with E-state index in [0.717, 1.165) is 32.7 Å². The van der Waals surface area contributed by atoms with Crippen molar-refractivity contribution in [1.82, 2.24) is 10.2 Å². The Bertz CT molecular complexity index is 495. The quantitative estimate of drug-likeness (QED) is 0.789. The van der Waals surface area contributed by atoms with Gasteiger partial charge in [0, 0.05) is 57.4 Å². The molecule has 3 rings (SSSR count). The van der Waals surface area contributed by atoms with Crippen LogP contribution in [0.3, 0.4) is 0 Å². The SMILES string of the molecule is NCC(NC(=O)CCN1CCN(c2ccccc2)CC1)C1CC1. The highest BCUT2D eigenvalue weighted by Gasteiger charge is 2.31. The van der Waals surface area contributed by atoms with Crippen molar-refractivity contribution in [3.63, 3.8) is 0 Å². The lowest BCUT2D eigenvalue weighted by molar-refractivity contribution is -0.122. The number of piperazine rings is 1. The van der Waals surface area contributed by atoms with Crippen molar-refractivity contribution >= 4 is 11.6 Å². The van der Waals surface area contributed by atoms with Gasteiger partial charge >= 0.3 is 0 Å². The van der Waals surface area contributed by atoms with E-state index in [0.29, 0.717) is 18.9 Å². The van der Waals surface area contributed by atoms with Gasteiger partial charge in [0.1, 0.15) is 0 Å². The molecular formula is C18H28N4O. The Labute approximate surface area is 138 Å². The zero-order chi connectivity index (χ0) is 16.1. The standard InChI is InChI=1S/C18H28N4O/c19-14-17(15-6-7-15)20-18(23)8-9-21-10-12-22(13-11-21)16-4-2-1-3-5-16/h1-5,15,17H,6-14,19H2,(H,20,23). The van der Waals surface area contributed by atoms with E-state index in [4.69, 9.17) is 5.73 Å². The lowest BCUT2D eigenvalue weighted by Crippen LogP contribution is -2.48. The molecule has 0 aromatic heterocycles. The predicted molar refractivity (Wildman–Crippen MR) is 93.4 cm³/mol. The normalized spacial score (nSPS) is 20.3. The van der Waals surface area contributed by atoms with Crippen LogP contribution >= 0.6 is 0 Å². The van der Waals surface area contributed by atoms with Crippen LogP contribution in [0.5, 0.6) is 0 Å². The Balaban J connectivity index is 1.36. The van der Waals surface area contributed by atoms with Crippen molar-refractivity contribution in [3.8, 4) is 0 Å². The van der Waals surface area contributed by atoms with Gasteiger partial charge in [0.2, 0.25) is 5.91 Å². The summed E-state index contributed by atoms with van der Waals surface area (Å²) in [4.78, 5) is 16.9. The lowest BCUT2D eigenvalue weighted by Gasteiger charge is -2.36. The molecule has 1 saturated heterocycles. The summed E-state index contributed by atoms with van der Waals surface area (Å²) in [5.41, 5.74) is 7.03. The molecule has 1 saturated carbocycles. The summed E-state index contributed by atoms with van der Waals surface area (Å²) in [5.74, 6) is 0.774. The van der Waals surface area contributed by atoms with Gasteiger partial charge in [-0.3, -0.25) is 9.69 Å². The van der Waals surface area contributed by atoms with Gasteiger partial charge in [-0.15, -0.1) is 0 Å². The van der Waals surface area contributed by atoms with Crippen molar-refractivity contribution in [2.24, 2.45) is 11.7 Å². The van der Waals surface area contributed by atoms with Crippen LogP contribution in [-0.2, 0) is 4.79 Å². The number of benzene rings is 1. The summed E-state index contributed by atoms with van der Waals surface area (Å²) in [5, 5.41) is 3.10. The number of nitrogens with zero attached hydrogens (tertiary/aromatic N) is 2. The van der Waals surface area contributed by atoms with Crippen LogP contribution in [0, 0.1) is 5.92 Å². The van der Waals surface area contributed by atoms with Gasteiger partial charge < -0.3 is 16.0 Å². The summed E-state index contributed by atoms with van der Waals surface area (Å²) in [6.45, 7) is 5.50. The highest BCUT2D eigenvalue weighted by atomic mass is 16.1. The highest BCUT2D eigenvalue weighted by molar-refractivity contribution is 5.76. The zero-order valence-electron chi connectivity index (χ0n) is 13.8. The largest absolute Gasteiger partial charge is 0.369 e. The van der Waals surface area contributed by atoms with Crippen LogP contribution in [0.4, 0.5) is 5.69 Å². The number of carbonyl (C=O) groups is 1. The Morgan fingerprint density at radius 2 is 1.87 bits per heavy atom. The van der Waals surface area contributed by atoms with Crippen molar-refractivity contribution in [1.29, 1.82) is 0 Å². The molecule has 0 radical (unpaired) electrons. The average Bonchev–Trinajstić information content (AvgIpc) is 3.44. The minimum absolute atomic E-state index is 0.151. The first-order chi connectivity index (χ1) is 11.3. The number of rotatable bonds is 7. The van der Waals surface area contributed by atoms with E-state index in [1.54, 1.807) is 0 Å². The van der Waals surface area contributed by atoms with Crippen molar-refractivity contribution in [2.45, 2.75) is 25.3 Å². The topological polar surface area (TPSA) is 61.6 Å². The Morgan fingerprint density at radius 1 is 1.17 bits per heavy atom. The molecule has 1 aliphatic carbocycles.